The highest BCUT2D eigenvalue weighted by atomic mass is 16.5. The summed E-state index contributed by atoms with van der Waals surface area (Å²) in [6.45, 7) is 12.1. The summed E-state index contributed by atoms with van der Waals surface area (Å²) in [5.41, 5.74) is 1.31. The van der Waals surface area contributed by atoms with Crippen molar-refractivity contribution in [3.63, 3.8) is 0 Å². The molecule has 0 bridgehead atoms. The molecule has 0 spiro atoms. The molecule has 1 saturated carbocycles. The van der Waals surface area contributed by atoms with Crippen molar-refractivity contribution in [2.24, 2.45) is 0 Å². The standard InChI is InChI=1S/C14H27NO/c1-12(10-15-14(2,3)4)11-16-13-8-6-5-7-9-13/h13,15H,1,5-11H2,2-4H3. The molecule has 1 rings (SSSR count). The lowest BCUT2D eigenvalue weighted by Gasteiger charge is -2.24. The molecule has 0 amide bonds. The van der Waals surface area contributed by atoms with Crippen LogP contribution in [-0.2, 0) is 4.74 Å². The normalized spacial score (nSPS) is 18.7. The van der Waals surface area contributed by atoms with Crippen LogP contribution < -0.4 is 5.32 Å². The summed E-state index contributed by atoms with van der Waals surface area (Å²) < 4.78 is 5.87. The maximum absolute atomic E-state index is 5.87. The van der Waals surface area contributed by atoms with E-state index in [2.05, 4.69) is 32.7 Å². The molecular weight excluding hydrogens is 198 g/mol. The molecule has 0 unspecified atom stereocenters. The van der Waals surface area contributed by atoms with Crippen molar-refractivity contribution in [2.75, 3.05) is 13.2 Å². The second-order valence-electron chi connectivity index (χ2n) is 5.92. The molecule has 0 aromatic rings. The summed E-state index contributed by atoms with van der Waals surface area (Å²) in [5, 5.41) is 3.43. The molecule has 0 radical (unpaired) electrons. The highest BCUT2D eigenvalue weighted by Gasteiger charge is 2.14. The van der Waals surface area contributed by atoms with E-state index < -0.39 is 0 Å². The van der Waals surface area contributed by atoms with Gasteiger partial charge in [-0.2, -0.15) is 0 Å². The number of hydrogen-bond donors (Lipinski definition) is 1. The molecule has 1 aliphatic rings. The number of hydrogen-bond acceptors (Lipinski definition) is 2. The van der Waals surface area contributed by atoms with Crippen LogP contribution in [0.2, 0.25) is 0 Å². The maximum atomic E-state index is 5.87. The van der Waals surface area contributed by atoms with E-state index in [-0.39, 0.29) is 5.54 Å². The third kappa shape index (κ3) is 6.29. The molecule has 2 heteroatoms. The molecule has 16 heavy (non-hydrogen) atoms. The van der Waals surface area contributed by atoms with Crippen LogP contribution in [0.3, 0.4) is 0 Å². The maximum Gasteiger partial charge on any atom is 0.0690 e. The first kappa shape index (κ1) is 13.7. The third-order valence-corrected chi connectivity index (χ3v) is 2.94. The van der Waals surface area contributed by atoms with Gasteiger partial charge in [0.15, 0.2) is 0 Å². The molecule has 0 atom stereocenters. The third-order valence-electron chi connectivity index (χ3n) is 2.94. The van der Waals surface area contributed by atoms with Gasteiger partial charge in [0.05, 0.1) is 12.7 Å². The fourth-order valence-corrected chi connectivity index (χ4v) is 1.91. The molecule has 94 valence electrons. The van der Waals surface area contributed by atoms with Crippen molar-refractivity contribution in [3.05, 3.63) is 12.2 Å². The number of nitrogens with one attached hydrogen (secondary N) is 1. The average Bonchev–Trinajstić information content (AvgIpc) is 2.24. The Hall–Kier alpha value is -0.340. The highest BCUT2D eigenvalue weighted by molar-refractivity contribution is 4.98. The van der Waals surface area contributed by atoms with Crippen molar-refractivity contribution < 1.29 is 4.74 Å². The zero-order chi connectivity index (χ0) is 12.0. The van der Waals surface area contributed by atoms with E-state index in [9.17, 15) is 0 Å². The van der Waals surface area contributed by atoms with Gasteiger partial charge in [-0.05, 0) is 39.2 Å². The van der Waals surface area contributed by atoms with Gasteiger partial charge in [0.2, 0.25) is 0 Å². The second-order valence-corrected chi connectivity index (χ2v) is 5.92. The minimum absolute atomic E-state index is 0.160. The van der Waals surface area contributed by atoms with E-state index in [4.69, 9.17) is 4.74 Å². The average molecular weight is 225 g/mol. The predicted molar refractivity (Wildman–Crippen MR) is 69.7 cm³/mol. The smallest absolute Gasteiger partial charge is 0.0690 e. The van der Waals surface area contributed by atoms with Gasteiger partial charge in [-0.3, -0.25) is 0 Å². The Morgan fingerprint density at radius 1 is 1.25 bits per heavy atom. The minimum Gasteiger partial charge on any atom is -0.374 e. The fourth-order valence-electron chi connectivity index (χ4n) is 1.91. The van der Waals surface area contributed by atoms with Crippen LogP contribution in [0.1, 0.15) is 52.9 Å². The first-order valence-corrected chi connectivity index (χ1v) is 6.51. The zero-order valence-corrected chi connectivity index (χ0v) is 11.1. The Balaban J connectivity index is 2.09. The summed E-state index contributed by atoms with van der Waals surface area (Å²) >= 11 is 0. The largest absolute Gasteiger partial charge is 0.374 e. The van der Waals surface area contributed by atoms with Crippen LogP contribution in [0.5, 0.6) is 0 Å². The Morgan fingerprint density at radius 3 is 2.44 bits per heavy atom. The van der Waals surface area contributed by atoms with E-state index in [1.807, 2.05) is 0 Å². The van der Waals surface area contributed by atoms with Gasteiger partial charge in [-0.25, -0.2) is 0 Å². The lowest BCUT2D eigenvalue weighted by molar-refractivity contribution is 0.0419. The van der Waals surface area contributed by atoms with E-state index in [0.29, 0.717) is 12.7 Å². The predicted octanol–water partition coefficient (Wildman–Crippen LogP) is 3.28. The van der Waals surface area contributed by atoms with Crippen LogP contribution in [0.15, 0.2) is 12.2 Å². The summed E-state index contributed by atoms with van der Waals surface area (Å²) in [7, 11) is 0. The van der Waals surface area contributed by atoms with Crippen LogP contribution in [0.4, 0.5) is 0 Å². The van der Waals surface area contributed by atoms with Gasteiger partial charge in [0.25, 0.3) is 0 Å². The number of rotatable bonds is 5. The Bertz CT molecular complexity index is 211. The highest BCUT2D eigenvalue weighted by Crippen LogP contribution is 2.20. The van der Waals surface area contributed by atoms with Gasteiger partial charge >= 0.3 is 0 Å². The molecule has 1 aliphatic carbocycles. The zero-order valence-electron chi connectivity index (χ0n) is 11.1. The Kier molecular flexibility index (Phi) is 5.50. The molecule has 2 nitrogen and oxygen atoms in total. The van der Waals surface area contributed by atoms with Gasteiger partial charge in [0.1, 0.15) is 0 Å². The summed E-state index contributed by atoms with van der Waals surface area (Å²) in [5.74, 6) is 0. The topological polar surface area (TPSA) is 21.3 Å². The minimum atomic E-state index is 0.160. The fraction of sp³-hybridized carbons (Fsp3) is 0.857. The van der Waals surface area contributed by atoms with Crippen molar-refractivity contribution >= 4 is 0 Å². The van der Waals surface area contributed by atoms with Crippen LogP contribution >= 0.6 is 0 Å². The lowest BCUT2D eigenvalue weighted by Crippen LogP contribution is -2.37. The van der Waals surface area contributed by atoms with Crippen LogP contribution in [-0.4, -0.2) is 24.8 Å². The van der Waals surface area contributed by atoms with E-state index >= 15 is 0 Å². The first-order chi connectivity index (χ1) is 7.47. The quantitative estimate of drug-likeness (QED) is 0.725. The molecule has 1 N–H and O–H groups in total. The first-order valence-electron chi connectivity index (χ1n) is 6.51. The number of ether oxygens (including phenoxy) is 1. The molecule has 0 aromatic heterocycles. The van der Waals surface area contributed by atoms with Crippen LogP contribution in [0, 0.1) is 0 Å². The molecule has 0 heterocycles. The molecule has 0 saturated heterocycles. The Morgan fingerprint density at radius 2 is 1.88 bits per heavy atom. The summed E-state index contributed by atoms with van der Waals surface area (Å²) in [4.78, 5) is 0. The summed E-state index contributed by atoms with van der Waals surface area (Å²) in [6.07, 6.45) is 7.00. The van der Waals surface area contributed by atoms with E-state index in [0.717, 1.165) is 12.1 Å². The van der Waals surface area contributed by atoms with Gasteiger partial charge < -0.3 is 10.1 Å². The summed E-state index contributed by atoms with van der Waals surface area (Å²) in [6, 6.07) is 0. The lowest BCUT2D eigenvalue weighted by atomic mass is 9.98. The SMILES string of the molecule is C=C(CNC(C)(C)C)COC1CCCCC1. The van der Waals surface area contributed by atoms with E-state index in [1.54, 1.807) is 0 Å². The van der Waals surface area contributed by atoms with Gasteiger partial charge in [-0.15, -0.1) is 0 Å². The molecule has 0 aromatic carbocycles. The van der Waals surface area contributed by atoms with Crippen molar-refractivity contribution in [1.29, 1.82) is 0 Å². The Labute approximate surface area is 100 Å². The van der Waals surface area contributed by atoms with Gasteiger partial charge in [0, 0.05) is 12.1 Å². The molecular formula is C14H27NO. The second kappa shape index (κ2) is 6.41. The molecule has 0 aliphatic heterocycles. The monoisotopic (exact) mass is 225 g/mol. The molecule has 1 fully saturated rings. The van der Waals surface area contributed by atoms with Crippen molar-refractivity contribution in [2.45, 2.75) is 64.5 Å². The van der Waals surface area contributed by atoms with E-state index in [1.165, 1.54) is 32.1 Å². The van der Waals surface area contributed by atoms with Gasteiger partial charge in [-0.1, -0.05) is 25.8 Å². The van der Waals surface area contributed by atoms with Crippen molar-refractivity contribution in [1.82, 2.24) is 5.32 Å². The van der Waals surface area contributed by atoms with Crippen molar-refractivity contribution in [3.8, 4) is 0 Å². The van der Waals surface area contributed by atoms with Crippen LogP contribution in [0.25, 0.3) is 0 Å².